The van der Waals surface area contributed by atoms with E-state index in [1.807, 2.05) is 19.9 Å². The number of esters is 1. The first kappa shape index (κ1) is 31.4. The van der Waals surface area contributed by atoms with Crippen LogP contribution < -0.4 is 0 Å². The Bertz CT molecular complexity index is 1400. The number of carbonyl (C=O) groups excluding carboxylic acids is 1. The van der Waals surface area contributed by atoms with Gasteiger partial charge >= 0.3 is 5.97 Å². The molecule has 0 radical (unpaired) electrons. The topological polar surface area (TPSA) is 127 Å². The molecule has 46 heavy (non-hydrogen) atoms. The van der Waals surface area contributed by atoms with Gasteiger partial charge in [-0.05, 0) is 61.1 Å². The van der Waals surface area contributed by atoms with Gasteiger partial charge in [-0.1, -0.05) is 77.7 Å². The fourth-order valence-electron chi connectivity index (χ4n) is 11.6. The van der Waals surface area contributed by atoms with Crippen molar-refractivity contribution in [2.75, 3.05) is 6.61 Å². The van der Waals surface area contributed by atoms with Crippen LogP contribution in [0.3, 0.4) is 0 Å². The summed E-state index contributed by atoms with van der Waals surface area (Å²) in [5.74, 6) is -3.61. The van der Waals surface area contributed by atoms with E-state index in [0.717, 1.165) is 44.1 Å². The Labute approximate surface area is 271 Å². The van der Waals surface area contributed by atoms with Crippen molar-refractivity contribution >= 4 is 5.97 Å². The lowest BCUT2D eigenvalue weighted by Crippen LogP contribution is -2.73. The summed E-state index contributed by atoms with van der Waals surface area (Å²) in [4.78, 5) is 13.7. The van der Waals surface area contributed by atoms with Gasteiger partial charge in [0.2, 0.25) is 0 Å². The van der Waals surface area contributed by atoms with Gasteiger partial charge in [0.1, 0.15) is 41.2 Å². The summed E-state index contributed by atoms with van der Waals surface area (Å²) in [6.07, 6.45) is 3.37. The van der Waals surface area contributed by atoms with E-state index in [1.54, 1.807) is 24.3 Å². The van der Waals surface area contributed by atoms with Crippen LogP contribution in [0.5, 0.6) is 0 Å². The molecule has 0 amide bonds. The van der Waals surface area contributed by atoms with Crippen molar-refractivity contribution in [1.29, 1.82) is 0 Å². The van der Waals surface area contributed by atoms with Crippen molar-refractivity contribution in [3.05, 3.63) is 48.0 Å². The van der Waals surface area contributed by atoms with Crippen molar-refractivity contribution in [2.24, 2.45) is 35.5 Å². The van der Waals surface area contributed by atoms with Crippen LogP contribution in [0.2, 0.25) is 0 Å². The van der Waals surface area contributed by atoms with Crippen LogP contribution in [0.4, 0.5) is 0 Å². The van der Waals surface area contributed by atoms with Crippen LogP contribution in [0.25, 0.3) is 0 Å². The summed E-state index contributed by atoms with van der Waals surface area (Å²) < 4.78 is 34.2. The summed E-state index contributed by atoms with van der Waals surface area (Å²) >= 11 is 0. The van der Waals surface area contributed by atoms with E-state index >= 15 is 0 Å². The second-order valence-corrected chi connectivity index (χ2v) is 15.9. The fraction of sp³-hybridized carbons (Fsp3) is 0.757. The van der Waals surface area contributed by atoms with Gasteiger partial charge in [0.15, 0.2) is 0 Å². The van der Waals surface area contributed by atoms with Crippen LogP contribution in [-0.4, -0.2) is 80.7 Å². The average molecular weight is 639 g/mol. The van der Waals surface area contributed by atoms with E-state index in [0.29, 0.717) is 18.4 Å². The van der Waals surface area contributed by atoms with Gasteiger partial charge in [0, 0.05) is 18.3 Å². The number of ether oxygens (including phenoxy) is 5. The molecule has 7 aliphatic rings. The van der Waals surface area contributed by atoms with E-state index in [1.165, 1.54) is 0 Å². The Morgan fingerprint density at radius 2 is 1.74 bits per heavy atom. The van der Waals surface area contributed by atoms with Gasteiger partial charge in [0.25, 0.3) is 5.97 Å². The van der Waals surface area contributed by atoms with E-state index in [2.05, 4.69) is 20.4 Å². The highest BCUT2D eigenvalue weighted by Gasteiger charge is 2.90. The maximum Gasteiger partial charge on any atom is 0.338 e. The van der Waals surface area contributed by atoms with Gasteiger partial charge in [-0.2, -0.15) is 0 Å². The molecule has 4 aliphatic heterocycles. The smallest absolute Gasteiger partial charge is 0.338 e. The Kier molecular flexibility index (Phi) is 7.06. The van der Waals surface area contributed by atoms with Crippen molar-refractivity contribution in [3.63, 3.8) is 0 Å². The summed E-state index contributed by atoms with van der Waals surface area (Å²) in [6.45, 7) is 12.3. The molecule has 8 rings (SSSR count). The molecule has 4 heterocycles. The third-order valence-electron chi connectivity index (χ3n) is 13.6. The number of hydrogen-bond donors (Lipinski definition) is 3. The molecule has 3 bridgehead atoms. The van der Waals surface area contributed by atoms with Gasteiger partial charge in [-0.3, -0.25) is 0 Å². The lowest BCUT2D eigenvalue weighted by atomic mass is 9.52. The SMILES string of the molecule is C=C(C)C12CC(C)C34OC5(CCCCCCCC(C)C6C(C)C(OC(=O)c7ccccc7)C(O)(C(O)C7(CO)OC7C3C1O5)C64)O2. The molecule has 15 atom stereocenters. The zero-order valence-corrected chi connectivity index (χ0v) is 27.5. The summed E-state index contributed by atoms with van der Waals surface area (Å²) in [6, 6.07) is 8.76. The Morgan fingerprint density at radius 1 is 1.02 bits per heavy atom. The number of benzene rings is 1. The van der Waals surface area contributed by atoms with Crippen LogP contribution in [0, 0.1) is 35.5 Å². The first-order valence-corrected chi connectivity index (χ1v) is 17.6. The molecule has 4 saturated heterocycles. The molecular formula is C37H50O9. The van der Waals surface area contributed by atoms with Crippen LogP contribution in [-0.2, 0) is 23.7 Å². The molecule has 7 fully saturated rings. The lowest BCUT2D eigenvalue weighted by Gasteiger charge is -2.61. The Balaban J connectivity index is 1.36. The van der Waals surface area contributed by atoms with Crippen molar-refractivity contribution in [3.8, 4) is 0 Å². The molecular weight excluding hydrogens is 588 g/mol. The molecule has 0 aromatic heterocycles. The molecule has 1 aromatic rings. The molecule has 15 unspecified atom stereocenters. The van der Waals surface area contributed by atoms with Crippen LogP contribution in [0.15, 0.2) is 42.5 Å². The second-order valence-electron chi connectivity index (χ2n) is 15.9. The minimum absolute atomic E-state index is 0.122. The van der Waals surface area contributed by atoms with Gasteiger partial charge in [-0.25, -0.2) is 4.79 Å². The molecule has 252 valence electrons. The number of rotatable bonds is 4. The Morgan fingerprint density at radius 3 is 2.46 bits per heavy atom. The normalized spacial score (nSPS) is 53.6. The van der Waals surface area contributed by atoms with E-state index in [4.69, 9.17) is 23.7 Å². The highest BCUT2D eigenvalue weighted by Crippen LogP contribution is 2.75. The van der Waals surface area contributed by atoms with Gasteiger partial charge in [-0.15, -0.1) is 0 Å². The quantitative estimate of drug-likeness (QED) is 0.248. The lowest BCUT2D eigenvalue weighted by molar-refractivity contribution is -0.437. The minimum Gasteiger partial charge on any atom is -0.455 e. The van der Waals surface area contributed by atoms with Crippen LogP contribution in [0.1, 0.15) is 89.4 Å². The molecule has 3 saturated carbocycles. The predicted molar refractivity (Wildman–Crippen MR) is 166 cm³/mol. The third-order valence-corrected chi connectivity index (χ3v) is 13.6. The molecule has 9 heteroatoms. The zero-order chi connectivity index (χ0) is 32.4. The van der Waals surface area contributed by atoms with E-state index in [9.17, 15) is 20.1 Å². The van der Waals surface area contributed by atoms with Crippen LogP contribution >= 0.6 is 0 Å². The molecule has 3 aliphatic carbocycles. The first-order chi connectivity index (χ1) is 21.9. The molecule has 3 N–H and O–H groups in total. The standard InChI is InChI=1S/C37H50O9/c1-20(2)33-18-22(4)37-26-29(33)44-35(45-33,46-37)17-13-8-6-7-10-14-21(3)25-23(5)28(42-31(39)24-15-11-9-12-16-24)36(41,27(25)37)32(40)34(19-38)30(26)43-34/h9,11-12,15-16,21-23,25-30,32,38,40-41H,1,6-8,10,13-14,17-19H2,2-5H3. The van der Waals surface area contributed by atoms with Gasteiger partial charge < -0.3 is 39.0 Å². The maximum absolute atomic E-state index is 13.7. The van der Waals surface area contributed by atoms with Crippen molar-refractivity contribution < 1.29 is 43.8 Å². The number of aliphatic hydroxyl groups excluding tert-OH is 2. The molecule has 2 spiro atoms. The number of epoxide rings is 1. The highest BCUT2D eigenvalue weighted by atomic mass is 16.9. The molecule has 1 aromatic carbocycles. The zero-order valence-electron chi connectivity index (χ0n) is 27.5. The highest BCUT2D eigenvalue weighted by molar-refractivity contribution is 5.89. The number of carbonyl (C=O) groups is 1. The minimum atomic E-state index is -2.00. The van der Waals surface area contributed by atoms with Crippen molar-refractivity contribution in [2.45, 2.75) is 132 Å². The number of hydrogen-bond acceptors (Lipinski definition) is 9. The summed E-state index contributed by atoms with van der Waals surface area (Å²) in [5, 5.41) is 37.0. The number of aliphatic hydroxyl groups is 3. The van der Waals surface area contributed by atoms with Gasteiger partial charge in [0.05, 0.1) is 17.8 Å². The summed E-state index contributed by atoms with van der Waals surface area (Å²) in [7, 11) is 0. The molecule has 9 nitrogen and oxygen atoms in total. The van der Waals surface area contributed by atoms with Crippen molar-refractivity contribution in [1.82, 2.24) is 0 Å². The predicted octanol–water partition coefficient (Wildman–Crippen LogP) is 4.52. The maximum atomic E-state index is 13.7. The first-order valence-electron chi connectivity index (χ1n) is 17.6. The monoisotopic (exact) mass is 638 g/mol. The largest absolute Gasteiger partial charge is 0.455 e. The average Bonchev–Trinajstić information content (AvgIpc) is 3.67. The number of fused-ring (bicyclic) bond motifs is 1. The third kappa shape index (κ3) is 3.79. The fourth-order valence-corrected chi connectivity index (χ4v) is 11.6. The second kappa shape index (κ2) is 10.3. The van der Waals surface area contributed by atoms with E-state index in [-0.39, 0.29) is 23.7 Å². The van der Waals surface area contributed by atoms with E-state index < -0.39 is 77.2 Å². The summed E-state index contributed by atoms with van der Waals surface area (Å²) in [5.41, 5.74) is -4.16. The Hall–Kier alpha value is -1.85.